The molecule has 0 bridgehead atoms. The average Bonchev–Trinajstić information content (AvgIpc) is 3.51. The smallest absolute Gasteiger partial charge is 0.409 e. The van der Waals surface area contributed by atoms with E-state index in [2.05, 4.69) is 21.3 Å². The number of carboxylic acid groups (broad SMARTS) is 1. The van der Waals surface area contributed by atoms with Gasteiger partial charge in [0.25, 0.3) is 0 Å². The van der Waals surface area contributed by atoms with E-state index >= 15 is 0 Å². The van der Waals surface area contributed by atoms with Crippen LogP contribution in [0, 0.1) is 5.92 Å². The van der Waals surface area contributed by atoms with E-state index in [1.54, 1.807) is 6.92 Å². The van der Waals surface area contributed by atoms with Crippen molar-refractivity contribution in [2.45, 2.75) is 76.8 Å². The second kappa shape index (κ2) is 29.2. The second-order valence-electron chi connectivity index (χ2n) is 14.6. The van der Waals surface area contributed by atoms with Crippen molar-refractivity contribution in [2.75, 3.05) is 91.1 Å². The van der Waals surface area contributed by atoms with Crippen LogP contribution in [0.25, 0.3) is 0 Å². The van der Waals surface area contributed by atoms with E-state index in [0.29, 0.717) is 32.0 Å². The highest BCUT2D eigenvalue weighted by Gasteiger charge is 2.48. The third kappa shape index (κ3) is 20.1. The largest absolute Gasteiger partial charge is 0.479 e. The quantitative estimate of drug-likeness (QED) is 0.0218. The molecule has 2 aliphatic rings. The van der Waals surface area contributed by atoms with Crippen molar-refractivity contribution in [1.82, 2.24) is 20.9 Å². The number of carbonyl (C=O) groups is 8. The first kappa shape index (κ1) is 54.0. The van der Waals surface area contributed by atoms with Gasteiger partial charge in [0.1, 0.15) is 44.0 Å². The maximum Gasteiger partial charge on any atom is 0.409 e. The van der Waals surface area contributed by atoms with Crippen molar-refractivity contribution in [2.24, 2.45) is 5.92 Å². The zero-order chi connectivity index (χ0) is 47.7. The van der Waals surface area contributed by atoms with Gasteiger partial charge in [-0.1, -0.05) is 13.0 Å². The first-order valence-electron chi connectivity index (χ1n) is 20.8. The first-order chi connectivity index (χ1) is 31.1. The lowest BCUT2D eigenvalue weighted by Crippen LogP contribution is -2.61. The van der Waals surface area contributed by atoms with Crippen LogP contribution >= 0.6 is 0 Å². The summed E-state index contributed by atoms with van der Waals surface area (Å²) in [4.78, 5) is 96.6. The number of anilines is 1. The lowest BCUT2D eigenvalue weighted by atomic mass is 9.99. The number of aliphatic hydroxyl groups is 3. The van der Waals surface area contributed by atoms with Crippen LogP contribution in [0.2, 0.25) is 0 Å². The number of hydrogen-bond donors (Lipinski definition) is 8. The minimum Gasteiger partial charge on any atom is -0.479 e. The molecule has 0 spiro atoms. The van der Waals surface area contributed by atoms with Crippen LogP contribution in [0.4, 0.5) is 10.5 Å². The standard InChI is InChI=1S/C40H59N5O20/c1-24-19-32(50)45(37(24)54)10-6-29(47)42-9-12-59-14-16-61-18-17-60-15-13-58-11-7-30(48)41-8-5-31(49)44-27-20-26(22-63-40(57)43-23-62-21-25(2)46)3-4-28(27)64-39-35(53)33(51)34(52)36(65-39)38(55)56/h3-4,20,24,33-36,39,51-53H,5-19,21-23H2,1-2H3,(H,41,48)(H,42,47)(H,43,57)(H,44,49)(H,55,56)/t24?,33-,34-,35+,36-,39+/m0/s1. The molecule has 364 valence electrons. The molecular formula is C40H59N5O20. The van der Waals surface area contributed by atoms with Crippen LogP contribution in [0.15, 0.2) is 18.2 Å². The fourth-order valence-electron chi connectivity index (χ4n) is 5.84. The molecule has 2 heterocycles. The normalized spacial score (nSPS) is 20.5. The molecule has 2 aliphatic heterocycles. The number of nitrogens with one attached hydrogen (secondary N) is 4. The Morgan fingerprint density at radius 2 is 1.38 bits per heavy atom. The molecule has 1 unspecified atom stereocenters. The highest BCUT2D eigenvalue weighted by Crippen LogP contribution is 2.31. The lowest BCUT2D eigenvalue weighted by molar-refractivity contribution is -0.271. The number of rotatable bonds is 31. The fraction of sp³-hybridized carbons (Fsp3) is 0.650. The summed E-state index contributed by atoms with van der Waals surface area (Å²) in [5.74, 6) is -4.22. The van der Waals surface area contributed by atoms with Gasteiger partial charge in [0.15, 0.2) is 11.9 Å². The number of aliphatic carboxylic acids is 1. The third-order valence-corrected chi connectivity index (χ3v) is 9.23. The molecule has 0 saturated carbocycles. The Labute approximate surface area is 373 Å². The molecule has 25 nitrogen and oxygen atoms in total. The van der Waals surface area contributed by atoms with Crippen LogP contribution < -0.4 is 26.0 Å². The van der Waals surface area contributed by atoms with E-state index in [1.807, 2.05) is 0 Å². The summed E-state index contributed by atoms with van der Waals surface area (Å²) < 4.78 is 42.6. The van der Waals surface area contributed by atoms with Crippen LogP contribution in [-0.4, -0.2) is 189 Å². The van der Waals surface area contributed by atoms with Crippen molar-refractivity contribution in [3.63, 3.8) is 0 Å². The maximum atomic E-state index is 12.9. The molecule has 8 N–H and O–H groups in total. The lowest BCUT2D eigenvalue weighted by Gasteiger charge is -2.38. The zero-order valence-electron chi connectivity index (χ0n) is 36.2. The Hall–Kier alpha value is -5.38. The molecule has 2 fully saturated rings. The van der Waals surface area contributed by atoms with Crippen LogP contribution in [0.3, 0.4) is 0 Å². The number of Topliss-reactive ketones (excluding diaryl/α,β-unsaturated/α-hetero) is 1. The van der Waals surface area contributed by atoms with Crippen molar-refractivity contribution in [3.8, 4) is 5.75 Å². The Kier molecular flexibility index (Phi) is 24.3. The van der Waals surface area contributed by atoms with Gasteiger partial charge in [0, 0.05) is 51.2 Å². The summed E-state index contributed by atoms with van der Waals surface area (Å²) in [6.07, 6.45) is -10.5. The minimum absolute atomic E-state index is 0.00750. The summed E-state index contributed by atoms with van der Waals surface area (Å²) in [5.41, 5.74) is 0.271. The van der Waals surface area contributed by atoms with Crippen LogP contribution in [0.5, 0.6) is 5.75 Å². The van der Waals surface area contributed by atoms with Gasteiger partial charge in [0.2, 0.25) is 35.8 Å². The minimum atomic E-state index is -1.97. The predicted octanol–water partition coefficient (Wildman–Crippen LogP) is -2.45. The highest BCUT2D eigenvalue weighted by atomic mass is 16.7. The van der Waals surface area contributed by atoms with Crippen molar-refractivity contribution < 1.29 is 96.7 Å². The molecule has 0 aliphatic carbocycles. The van der Waals surface area contributed by atoms with E-state index in [9.17, 15) is 58.8 Å². The molecule has 1 aromatic rings. The third-order valence-electron chi connectivity index (χ3n) is 9.23. The number of imide groups is 1. The number of hydrogen-bond acceptors (Lipinski definition) is 19. The molecule has 25 heteroatoms. The van der Waals surface area contributed by atoms with E-state index in [-0.39, 0.29) is 133 Å². The molecule has 0 radical (unpaired) electrons. The number of ether oxygens (including phenoxy) is 8. The fourth-order valence-corrected chi connectivity index (χ4v) is 5.84. The zero-order valence-corrected chi connectivity index (χ0v) is 36.2. The number of amides is 6. The monoisotopic (exact) mass is 929 g/mol. The molecule has 1 aromatic carbocycles. The number of likely N-dealkylation sites (tertiary alicyclic amines) is 1. The van der Waals surface area contributed by atoms with Gasteiger partial charge in [-0.25, -0.2) is 9.59 Å². The molecule has 65 heavy (non-hydrogen) atoms. The number of carbonyl (C=O) groups excluding carboxylic acids is 7. The van der Waals surface area contributed by atoms with Crippen molar-refractivity contribution >= 4 is 53.1 Å². The second-order valence-corrected chi connectivity index (χ2v) is 14.6. The summed E-state index contributed by atoms with van der Waals surface area (Å²) in [5, 5.41) is 50.2. The van der Waals surface area contributed by atoms with E-state index in [4.69, 9.17) is 37.9 Å². The summed E-state index contributed by atoms with van der Waals surface area (Å²) in [6.45, 7) is 4.40. The Balaban J connectivity index is 1.28. The van der Waals surface area contributed by atoms with Gasteiger partial charge < -0.3 is 74.3 Å². The van der Waals surface area contributed by atoms with E-state index < -0.39 is 54.6 Å². The average molecular weight is 930 g/mol. The molecule has 3 rings (SSSR count). The summed E-state index contributed by atoms with van der Waals surface area (Å²) >= 11 is 0. The van der Waals surface area contributed by atoms with Crippen LogP contribution in [0.1, 0.15) is 45.1 Å². The Morgan fingerprint density at radius 1 is 0.754 bits per heavy atom. The van der Waals surface area contributed by atoms with E-state index in [1.165, 1.54) is 25.1 Å². The molecule has 6 amide bonds. The van der Waals surface area contributed by atoms with Gasteiger partial charge in [0.05, 0.1) is 58.5 Å². The number of nitrogens with zero attached hydrogens (tertiary/aromatic N) is 1. The van der Waals surface area contributed by atoms with Gasteiger partial charge in [-0.2, -0.15) is 0 Å². The molecule has 2 saturated heterocycles. The summed E-state index contributed by atoms with van der Waals surface area (Å²) in [6, 6.07) is 4.04. The topological polar surface area (TPSA) is 343 Å². The Bertz CT molecular complexity index is 1750. The van der Waals surface area contributed by atoms with Gasteiger partial charge in [-0.3, -0.25) is 39.0 Å². The van der Waals surface area contributed by atoms with Gasteiger partial charge >= 0.3 is 12.1 Å². The Morgan fingerprint density at radius 3 is 2.02 bits per heavy atom. The molecule has 6 atom stereocenters. The van der Waals surface area contributed by atoms with Crippen LogP contribution in [-0.2, 0) is 73.3 Å². The molecule has 0 aromatic heterocycles. The van der Waals surface area contributed by atoms with Crippen molar-refractivity contribution in [3.05, 3.63) is 23.8 Å². The van der Waals surface area contributed by atoms with Crippen molar-refractivity contribution in [1.29, 1.82) is 0 Å². The predicted molar refractivity (Wildman–Crippen MR) is 218 cm³/mol. The number of aliphatic hydroxyl groups excluding tert-OH is 3. The first-order valence-corrected chi connectivity index (χ1v) is 20.8. The number of carboxylic acids is 1. The SMILES string of the molecule is CC(=O)COCNC(=O)OCc1ccc(O[C@@H]2O[C@H](C(=O)O)[C@@H](O)[C@H](O)[C@H]2O)c(NC(=O)CCNC(=O)CCOCCOCCOCCOCCNC(=O)CCN2C(=O)CC(C)C2=O)c1. The maximum absolute atomic E-state index is 12.9. The van der Waals surface area contributed by atoms with Gasteiger partial charge in [-0.05, 0) is 24.6 Å². The number of alkyl carbamates (subject to hydrolysis) is 1. The van der Waals surface area contributed by atoms with Gasteiger partial charge in [-0.15, -0.1) is 0 Å². The van der Waals surface area contributed by atoms with E-state index in [0.717, 1.165) is 4.90 Å². The highest BCUT2D eigenvalue weighted by molar-refractivity contribution is 6.03. The number of ketones is 1. The number of benzene rings is 1. The summed E-state index contributed by atoms with van der Waals surface area (Å²) in [7, 11) is 0. The molecular weight excluding hydrogens is 870 g/mol.